The van der Waals surface area contributed by atoms with Crippen LogP contribution < -0.4 is 5.56 Å². The van der Waals surface area contributed by atoms with Gasteiger partial charge in [0.15, 0.2) is 0 Å². The van der Waals surface area contributed by atoms with Crippen LogP contribution in [-0.4, -0.2) is 38.7 Å². The van der Waals surface area contributed by atoms with Gasteiger partial charge in [-0.2, -0.15) is 0 Å². The minimum absolute atomic E-state index is 0.125. The van der Waals surface area contributed by atoms with Crippen LogP contribution in [0.1, 0.15) is 26.6 Å². The molecule has 0 aliphatic rings. The molecule has 0 aliphatic carbocycles. The highest BCUT2D eigenvalue weighted by Crippen LogP contribution is 2.30. The molecule has 0 amide bonds. The molecule has 28 heavy (non-hydrogen) atoms. The monoisotopic (exact) mass is 397 g/mol. The number of thiophene rings is 1. The second-order valence-corrected chi connectivity index (χ2v) is 8.69. The molecule has 1 unspecified atom stereocenters. The zero-order chi connectivity index (χ0) is 20.3. The number of nitrogens with zero attached hydrogens (tertiary/aromatic N) is 2. The summed E-state index contributed by atoms with van der Waals surface area (Å²) in [6.07, 6.45) is 1.55. The second-order valence-electron chi connectivity index (χ2n) is 7.83. The molecule has 2 aromatic heterocycles. The van der Waals surface area contributed by atoms with Gasteiger partial charge >= 0.3 is 0 Å². The first kappa shape index (κ1) is 20.5. The number of aromatic amines is 1. The van der Waals surface area contributed by atoms with E-state index in [0.29, 0.717) is 30.2 Å². The van der Waals surface area contributed by atoms with E-state index in [-0.39, 0.29) is 5.56 Å². The Morgan fingerprint density at radius 2 is 2.07 bits per heavy atom. The van der Waals surface area contributed by atoms with Gasteiger partial charge in [0.25, 0.3) is 5.56 Å². The molecule has 0 saturated heterocycles. The first-order valence-corrected chi connectivity index (χ1v) is 10.3. The SMILES string of the molecule is C=CC(C)(O)CN(Cc1nc2scc(-c3ccccc3)c2c(=O)[nH]1)CC(C)C. The number of aliphatic hydroxyl groups is 1. The lowest BCUT2D eigenvalue weighted by Gasteiger charge is -2.30. The van der Waals surface area contributed by atoms with Gasteiger partial charge in [0.2, 0.25) is 0 Å². The lowest BCUT2D eigenvalue weighted by atomic mass is 10.1. The van der Waals surface area contributed by atoms with Crippen molar-refractivity contribution in [2.75, 3.05) is 13.1 Å². The third kappa shape index (κ3) is 4.76. The van der Waals surface area contributed by atoms with Crippen molar-refractivity contribution in [3.63, 3.8) is 0 Å². The topological polar surface area (TPSA) is 69.2 Å². The van der Waals surface area contributed by atoms with Crippen molar-refractivity contribution in [2.24, 2.45) is 5.92 Å². The average Bonchev–Trinajstić information content (AvgIpc) is 3.06. The number of nitrogens with one attached hydrogen (secondary N) is 1. The highest BCUT2D eigenvalue weighted by atomic mass is 32.1. The molecule has 0 saturated carbocycles. The fraction of sp³-hybridized carbons (Fsp3) is 0.364. The van der Waals surface area contributed by atoms with Gasteiger partial charge in [-0.3, -0.25) is 9.69 Å². The normalized spacial score (nSPS) is 13.9. The maximum atomic E-state index is 12.8. The summed E-state index contributed by atoms with van der Waals surface area (Å²) in [6.45, 7) is 11.4. The molecule has 5 nitrogen and oxygen atoms in total. The van der Waals surface area contributed by atoms with Crippen LogP contribution in [0.15, 0.2) is 53.2 Å². The Balaban J connectivity index is 1.93. The molecule has 1 atom stereocenters. The van der Waals surface area contributed by atoms with E-state index in [2.05, 4.69) is 30.3 Å². The van der Waals surface area contributed by atoms with Crippen LogP contribution in [-0.2, 0) is 6.54 Å². The number of aromatic nitrogens is 2. The van der Waals surface area contributed by atoms with Gasteiger partial charge < -0.3 is 10.1 Å². The predicted molar refractivity (Wildman–Crippen MR) is 117 cm³/mol. The van der Waals surface area contributed by atoms with Crippen LogP contribution in [0.5, 0.6) is 0 Å². The Labute approximate surface area is 169 Å². The minimum atomic E-state index is -0.997. The summed E-state index contributed by atoms with van der Waals surface area (Å²) < 4.78 is 0. The Kier molecular flexibility index (Phi) is 6.13. The minimum Gasteiger partial charge on any atom is -0.385 e. The van der Waals surface area contributed by atoms with Crippen LogP contribution in [0.4, 0.5) is 0 Å². The summed E-state index contributed by atoms with van der Waals surface area (Å²) in [6, 6.07) is 9.88. The van der Waals surface area contributed by atoms with Crippen LogP contribution in [0.25, 0.3) is 21.3 Å². The van der Waals surface area contributed by atoms with Crippen molar-refractivity contribution in [2.45, 2.75) is 32.9 Å². The Hall–Kier alpha value is -2.28. The zero-order valence-electron chi connectivity index (χ0n) is 16.6. The van der Waals surface area contributed by atoms with Gasteiger partial charge in [-0.1, -0.05) is 50.3 Å². The van der Waals surface area contributed by atoms with Gasteiger partial charge in [-0.25, -0.2) is 4.98 Å². The molecule has 148 valence electrons. The Morgan fingerprint density at radius 3 is 2.71 bits per heavy atom. The highest BCUT2D eigenvalue weighted by molar-refractivity contribution is 7.17. The van der Waals surface area contributed by atoms with E-state index in [1.807, 2.05) is 35.7 Å². The van der Waals surface area contributed by atoms with Crippen molar-refractivity contribution in [3.05, 3.63) is 64.5 Å². The number of fused-ring (bicyclic) bond motifs is 1. The Morgan fingerprint density at radius 1 is 1.36 bits per heavy atom. The van der Waals surface area contributed by atoms with E-state index in [1.165, 1.54) is 11.3 Å². The zero-order valence-corrected chi connectivity index (χ0v) is 17.4. The number of hydrogen-bond donors (Lipinski definition) is 2. The summed E-state index contributed by atoms with van der Waals surface area (Å²) in [7, 11) is 0. The summed E-state index contributed by atoms with van der Waals surface area (Å²) in [5.41, 5.74) is 0.801. The molecule has 1 aromatic carbocycles. The first-order valence-electron chi connectivity index (χ1n) is 9.43. The van der Waals surface area contributed by atoms with Crippen LogP contribution in [0.3, 0.4) is 0 Å². The molecule has 2 N–H and O–H groups in total. The van der Waals surface area contributed by atoms with Crippen molar-refractivity contribution in [3.8, 4) is 11.1 Å². The molecule has 3 aromatic rings. The van der Waals surface area contributed by atoms with E-state index in [1.54, 1.807) is 13.0 Å². The molecule has 6 heteroatoms. The lowest BCUT2D eigenvalue weighted by molar-refractivity contribution is 0.0531. The quantitative estimate of drug-likeness (QED) is 0.563. The van der Waals surface area contributed by atoms with Crippen molar-refractivity contribution in [1.82, 2.24) is 14.9 Å². The van der Waals surface area contributed by atoms with Crippen molar-refractivity contribution >= 4 is 21.6 Å². The third-order valence-electron chi connectivity index (χ3n) is 4.56. The third-order valence-corrected chi connectivity index (χ3v) is 5.43. The van der Waals surface area contributed by atoms with Crippen molar-refractivity contribution in [1.29, 1.82) is 0 Å². The summed E-state index contributed by atoms with van der Waals surface area (Å²) in [5.74, 6) is 1.03. The van der Waals surface area contributed by atoms with Gasteiger partial charge in [-0.15, -0.1) is 17.9 Å². The number of hydrogen-bond acceptors (Lipinski definition) is 5. The van der Waals surface area contributed by atoms with Gasteiger partial charge in [0.05, 0.1) is 17.5 Å². The van der Waals surface area contributed by atoms with Crippen LogP contribution >= 0.6 is 11.3 Å². The van der Waals surface area contributed by atoms with E-state index in [4.69, 9.17) is 4.98 Å². The van der Waals surface area contributed by atoms with E-state index in [9.17, 15) is 9.90 Å². The fourth-order valence-electron chi connectivity index (χ4n) is 3.33. The van der Waals surface area contributed by atoms with Gasteiger partial charge in [0, 0.05) is 24.0 Å². The molecule has 0 radical (unpaired) electrons. The lowest BCUT2D eigenvalue weighted by Crippen LogP contribution is -2.41. The smallest absolute Gasteiger partial charge is 0.260 e. The van der Waals surface area contributed by atoms with Crippen LogP contribution in [0, 0.1) is 5.92 Å². The second kappa shape index (κ2) is 8.39. The van der Waals surface area contributed by atoms with E-state index >= 15 is 0 Å². The molecule has 0 aliphatic heterocycles. The van der Waals surface area contributed by atoms with E-state index in [0.717, 1.165) is 22.5 Å². The standard InChI is InChI=1S/C22H27N3O2S/c1-5-22(4,27)14-25(11-15(2)3)12-18-23-20(26)19-17(13-28-21(19)24-18)16-9-7-6-8-10-16/h5-10,13,15,27H,1,11-12,14H2,2-4H3,(H,23,24,26). The number of rotatable bonds is 8. The number of benzene rings is 1. The average molecular weight is 398 g/mol. The Bertz CT molecular complexity index is 1010. The predicted octanol–water partition coefficient (Wildman–Crippen LogP) is 4.05. The fourth-order valence-corrected chi connectivity index (χ4v) is 4.30. The molecule has 0 bridgehead atoms. The number of H-pyrrole nitrogens is 1. The highest BCUT2D eigenvalue weighted by Gasteiger charge is 2.22. The summed E-state index contributed by atoms with van der Waals surface area (Å²) in [5, 5.41) is 13.0. The van der Waals surface area contributed by atoms with Gasteiger partial charge in [-0.05, 0) is 18.4 Å². The summed E-state index contributed by atoms with van der Waals surface area (Å²) in [4.78, 5) is 23.3. The van der Waals surface area contributed by atoms with Crippen LogP contribution in [0.2, 0.25) is 0 Å². The molecule has 0 spiro atoms. The first-order chi connectivity index (χ1) is 13.3. The summed E-state index contributed by atoms with van der Waals surface area (Å²) >= 11 is 1.48. The molecular formula is C22H27N3O2S. The largest absolute Gasteiger partial charge is 0.385 e. The van der Waals surface area contributed by atoms with E-state index < -0.39 is 5.60 Å². The van der Waals surface area contributed by atoms with Crippen molar-refractivity contribution < 1.29 is 5.11 Å². The molecule has 0 fully saturated rings. The van der Waals surface area contributed by atoms with Gasteiger partial charge in [0.1, 0.15) is 10.7 Å². The molecule has 2 heterocycles. The molecular weight excluding hydrogens is 370 g/mol. The maximum absolute atomic E-state index is 12.8. The molecule has 3 rings (SSSR count). The maximum Gasteiger partial charge on any atom is 0.260 e.